The highest BCUT2D eigenvalue weighted by Crippen LogP contribution is 2.23. The monoisotopic (exact) mass is 381 g/mol. The van der Waals surface area contributed by atoms with Gasteiger partial charge in [0.2, 0.25) is 15.9 Å². The first-order valence-corrected chi connectivity index (χ1v) is 11.2. The van der Waals surface area contributed by atoms with Crippen molar-refractivity contribution in [2.45, 2.75) is 25.7 Å². The number of thiazole rings is 1. The molecule has 0 bridgehead atoms. The number of piperazine rings is 1. The molecule has 1 aromatic heterocycles. The average Bonchev–Trinajstić information content (AvgIpc) is 3.00. The number of para-hydroxylation sites is 1. The third-order valence-electron chi connectivity index (χ3n) is 4.43. The van der Waals surface area contributed by atoms with Crippen LogP contribution in [0.3, 0.4) is 0 Å². The highest BCUT2D eigenvalue weighted by atomic mass is 32.2. The van der Waals surface area contributed by atoms with Crippen LogP contribution in [0.15, 0.2) is 24.3 Å². The number of aromatic nitrogens is 1. The van der Waals surface area contributed by atoms with Crippen molar-refractivity contribution in [1.82, 2.24) is 14.2 Å². The van der Waals surface area contributed by atoms with Crippen LogP contribution in [-0.2, 0) is 21.2 Å². The number of sulfonamides is 1. The van der Waals surface area contributed by atoms with Crippen LogP contribution in [-0.4, -0.2) is 60.9 Å². The molecule has 1 aliphatic rings. The van der Waals surface area contributed by atoms with Crippen molar-refractivity contribution in [3.63, 3.8) is 0 Å². The number of carbonyl (C=O) groups is 1. The maximum absolute atomic E-state index is 12.3. The predicted molar refractivity (Wildman–Crippen MR) is 100 cm³/mol. The highest BCUT2D eigenvalue weighted by Gasteiger charge is 2.25. The number of carbonyl (C=O) groups excluding carboxylic acids is 1. The van der Waals surface area contributed by atoms with Crippen molar-refractivity contribution >= 4 is 37.5 Å². The molecule has 1 aromatic carbocycles. The van der Waals surface area contributed by atoms with E-state index >= 15 is 0 Å². The van der Waals surface area contributed by atoms with Crippen molar-refractivity contribution in [3.05, 3.63) is 29.3 Å². The predicted octanol–water partition coefficient (Wildman–Crippen LogP) is 2.11. The number of unbranched alkanes of at least 4 members (excludes halogenated alkanes) is 1. The molecule has 1 amide bonds. The summed E-state index contributed by atoms with van der Waals surface area (Å²) in [7, 11) is -3.15. The Morgan fingerprint density at radius 2 is 1.88 bits per heavy atom. The summed E-state index contributed by atoms with van der Waals surface area (Å²) in [5.74, 6) is 0.123. The number of aryl methyl sites for hydroxylation is 1. The van der Waals surface area contributed by atoms with Crippen molar-refractivity contribution in [2.75, 3.05) is 32.4 Å². The molecule has 2 heterocycles. The second-order valence-electron chi connectivity index (χ2n) is 6.33. The molecular formula is C17H23N3O3S2. The molecule has 0 N–H and O–H groups in total. The molecule has 1 saturated heterocycles. The Bertz CT molecular complexity index is 807. The molecule has 1 fully saturated rings. The minimum Gasteiger partial charge on any atom is -0.340 e. The first kappa shape index (κ1) is 18.3. The summed E-state index contributed by atoms with van der Waals surface area (Å²) in [6.45, 7) is 1.78. The second-order valence-corrected chi connectivity index (χ2v) is 9.42. The number of nitrogens with zero attached hydrogens (tertiary/aromatic N) is 3. The lowest BCUT2D eigenvalue weighted by Crippen LogP contribution is -2.50. The quantitative estimate of drug-likeness (QED) is 0.719. The fourth-order valence-corrected chi connectivity index (χ4v) is 4.84. The van der Waals surface area contributed by atoms with Gasteiger partial charge in [0.15, 0.2) is 0 Å². The first-order valence-electron chi connectivity index (χ1n) is 8.51. The van der Waals surface area contributed by atoms with Gasteiger partial charge in [0.1, 0.15) is 0 Å². The van der Waals surface area contributed by atoms with Crippen LogP contribution < -0.4 is 0 Å². The SMILES string of the molecule is CS(=O)(=O)N1CCN(C(=O)CCCCc2nc3ccccc3s2)CC1. The van der Waals surface area contributed by atoms with Gasteiger partial charge in [0, 0.05) is 32.6 Å². The maximum Gasteiger partial charge on any atom is 0.222 e. The van der Waals surface area contributed by atoms with Gasteiger partial charge in [-0.05, 0) is 31.4 Å². The van der Waals surface area contributed by atoms with Gasteiger partial charge >= 0.3 is 0 Å². The van der Waals surface area contributed by atoms with E-state index in [1.54, 1.807) is 16.2 Å². The third-order valence-corrected chi connectivity index (χ3v) is 6.83. The Hall–Kier alpha value is -1.51. The molecule has 8 heteroatoms. The van der Waals surface area contributed by atoms with Crippen LogP contribution in [0.2, 0.25) is 0 Å². The van der Waals surface area contributed by atoms with E-state index < -0.39 is 10.0 Å². The summed E-state index contributed by atoms with van der Waals surface area (Å²) in [5.41, 5.74) is 1.04. The van der Waals surface area contributed by atoms with Gasteiger partial charge in [-0.3, -0.25) is 4.79 Å². The molecule has 0 radical (unpaired) electrons. The lowest BCUT2D eigenvalue weighted by Gasteiger charge is -2.33. The summed E-state index contributed by atoms with van der Waals surface area (Å²) in [4.78, 5) is 18.6. The van der Waals surface area contributed by atoms with Gasteiger partial charge in [-0.2, -0.15) is 4.31 Å². The minimum absolute atomic E-state index is 0.123. The molecule has 0 aliphatic carbocycles. The van der Waals surface area contributed by atoms with Crippen LogP contribution in [0.4, 0.5) is 0 Å². The van der Waals surface area contributed by atoms with Crippen LogP contribution in [0.1, 0.15) is 24.3 Å². The third kappa shape index (κ3) is 4.77. The fraction of sp³-hybridized carbons (Fsp3) is 0.529. The Kier molecular flexibility index (Phi) is 5.71. The largest absolute Gasteiger partial charge is 0.340 e. The van der Waals surface area contributed by atoms with E-state index in [1.165, 1.54) is 15.3 Å². The number of hydrogen-bond acceptors (Lipinski definition) is 5. The molecule has 136 valence electrons. The molecule has 0 unspecified atom stereocenters. The zero-order valence-electron chi connectivity index (χ0n) is 14.3. The van der Waals surface area contributed by atoms with E-state index in [2.05, 4.69) is 11.1 Å². The molecular weight excluding hydrogens is 358 g/mol. The molecule has 1 aliphatic heterocycles. The lowest BCUT2D eigenvalue weighted by molar-refractivity contribution is -0.132. The zero-order valence-corrected chi connectivity index (χ0v) is 16.0. The number of rotatable bonds is 6. The smallest absolute Gasteiger partial charge is 0.222 e. The second kappa shape index (κ2) is 7.80. The van der Waals surface area contributed by atoms with Gasteiger partial charge < -0.3 is 4.90 Å². The van der Waals surface area contributed by atoms with E-state index in [0.29, 0.717) is 32.6 Å². The summed E-state index contributed by atoms with van der Waals surface area (Å²) in [5, 5.41) is 1.12. The number of hydrogen-bond donors (Lipinski definition) is 0. The van der Waals surface area contributed by atoms with Crippen LogP contribution in [0.25, 0.3) is 10.2 Å². The van der Waals surface area contributed by atoms with E-state index in [4.69, 9.17) is 0 Å². The topological polar surface area (TPSA) is 70.6 Å². The minimum atomic E-state index is -3.15. The summed E-state index contributed by atoms with van der Waals surface area (Å²) in [6, 6.07) is 8.12. The zero-order chi connectivity index (χ0) is 17.9. The molecule has 0 saturated carbocycles. The van der Waals surface area contributed by atoms with Crippen LogP contribution in [0.5, 0.6) is 0 Å². The van der Waals surface area contributed by atoms with Crippen molar-refractivity contribution in [3.8, 4) is 0 Å². The number of amides is 1. The van der Waals surface area contributed by atoms with Crippen molar-refractivity contribution in [1.29, 1.82) is 0 Å². The van der Waals surface area contributed by atoms with E-state index in [-0.39, 0.29) is 5.91 Å². The van der Waals surface area contributed by atoms with E-state index in [9.17, 15) is 13.2 Å². The fourth-order valence-electron chi connectivity index (χ4n) is 3.01. The van der Waals surface area contributed by atoms with Gasteiger partial charge in [0.05, 0.1) is 21.5 Å². The maximum atomic E-state index is 12.3. The number of benzene rings is 1. The molecule has 0 spiro atoms. The van der Waals surface area contributed by atoms with Gasteiger partial charge in [-0.25, -0.2) is 13.4 Å². The molecule has 6 nitrogen and oxygen atoms in total. The average molecular weight is 382 g/mol. The molecule has 25 heavy (non-hydrogen) atoms. The van der Waals surface area contributed by atoms with Crippen LogP contribution >= 0.6 is 11.3 Å². The Balaban J connectivity index is 1.39. The summed E-state index contributed by atoms with van der Waals surface area (Å²) < 4.78 is 25.6. The Labute approximate surface area is 152 Å². The Morgan fingerprint density at radius 3 is 2.56 bits per heavy atom. The number of fused-ring (bicyclic) bond motifs is 1. The van der Waals surface area contributed by atoms with Gasteiger partial charge in [-0.1, -0.05) is 12.1 Å². The summed E-state index contributed by atoms with van der Waals surface area (Å²) >= 11 is 1.72. The summed E-state index contributed by atoms with van der Waals surface area (Å²) in [6.07, 6.45) is 4.40. The normalized spacial score (nSPS) is 16.4. The first-order chi connectivity index (χ1) is 11.9. The van der Waals surface area contributed by atoms with Crippen molar-refractivity contribution in [2.24, 2.45) is 0 Å². The van der Waals surface area contributed by atoms with Crippen molar-refractivity contribution < 1.29 is 13.2 Å². The standard InChI is InChI=1S/C17H23N3O3S2/c1-25(22,23)20-12-10-19(11-13-20)17(21)9-5-4-8-16-18-14-6-2-3-7-15(14)24-16/h2-3,6-7H,4-5,8-13H2,1H3. The molecule has 2 aromatic rings. The molecule has 3 rings (SSSR count). The van der Waals surface area contributed by atoms with E-state index in [0.717, 1.165) is 29.8 Å². The van der Waals surface area contributed by atoms with E-state index in [1.807, 2.05) is 18.2 Å². The van der Waals surface area contributed by atoms with Gasteiger partial charge in [-0.15, -0.1) is 11.3 Å². The highest BCUT2D eigenvalue weighted by molar-refractivity contribution is 7.88. The van der Waals surface area contributed by atoms with Crippen LogP contribution in [0, 0.1) is 0 Å². The van der Waals surface area contributed by atoms with Gasteiger partial charge in [0.25, 0.3) is 0 Å². The molecule has 0 atom stereocenters. The lowest BCUT2D eigenvalue weighted by atomic mass is 10.1. The Morgan fingerprint density at radius 1 is 1.16 bits per heavy atom.